The highest BCUT2D eigenvalue weighted by atomic mass is 16.3. The average molecular weight is 202 g/mol. The Labute approximate surface area is 88.3 Å². The van der Waals surface area contributed by atoms with Gasteiger partial charge in [-0.2, -0.15) is 0 Å². The summed E-state index contributed by atoms with van der Waals surface area (Å²) in [6.45, 7) is 6.57. The third kappa shape index (κ3) is 3.97. The fourth-order valence-electron chi connectivity index (χ4n) is 2.26. The van der Waals surface area contributed by atoms with Gasteiger partial charge in [-0.05, 0) is 31.6 Å². The molecule has 0 spiro atoms. The standard InChI is InChI=1S/C12H26O2/c1-4-11(5-2)12(14,6-3)9-7-8-10-13/h11,13-14H,4-10H2,1-3H3. The Morgan fingerprint density at radius 2 is 1.64 bits per heavy atom. The second-order valence-electron chi connectivity index (χ2n) is 4.15. The van der Waals surface area contributed by atoms with Crippen molar-refractivity contribution in [2.75, 3.05) is 6.61 Å². The Morgan fingerprint density at radius 1 is 1.07 bits per heavy atom. The topological polar surface area (TPSA) is 40.5 Å². The Balaban J connectivity index is 4.14. The molecule has 0 aliphatic heterocycles. The van der Waals surface area contributed by atoms with Crippen LogP contribution >= 0.6 is 0 Å². The lowest BCUT2D eigenvalue weighted by Gasteiger charge is -2.34. The maximum Gasteiger partial charge on any atom is 0.0673 e. The van der Waals surface area contributed by atoms with Crippen molar-refractivity contribution in [3.05, 3.63) is 0 Å². The summed E-state index contributed by atoms with van der Waals surface area (Å²) in [4.78, 5) is 0. The predicted octanol–water partition coefficient (Wildman–Crippen LogP) is 2.73. The molecule has 2 N–H and O–H groups in total. The lowest BCUT2D eigenvalue weighted by molar-refractivity contribution is -0.0353. The molecule has 0 radical (unpaired) electrons. The van der Waals surface area contributed by atoms with Crippen molar-refractivity contribution in [3.63, 3.8) is 0 Å². The van der Waals surface area contributed by atoms with Crippen molar-refractivity contribution < 1.29 is 10.2 Å². The molecule has 0 rings (SSSR count). The number of hydrogen-bond acceptors (Lipinski definition) is 2. The average Bonchev–Trinajstić information content (AvgIpc) is 2.20. The fraction of sp³-hybridized carbons (Fsp3) is 1.00. The van der Waals surface area contributed by atoms with E-state index >= 15 is 0 Å². The van der Waals surface area contributed by atoms with Gasteiger partial charge in [0.25, 0.3) is 0 Å². The molecule has 14 heavy (non-hydrogen) atoms. The second kappa shape index (κ2) is 7.24. The Morgan fingerprint density at radius 3 is 2.00 bits per heavy atom. The highest BCUT2D eigenvalue weighted by Crippen LogP contribution is 2.31. The molecule has 0 aromatic carbocycles. The van der Waals surface area contributed by atoms with Crippen molar-refractivity contribution in [2.24, 2.45) is 5.92 Å². The molecule has 2 nitrogen and oxygen atoms in total. The van der Waals surface area contributed by atoms with Gasteiger partial charge in [-0.15, -0.1) is 0 Å². The lowest BCUT2D eigenvalue weighted by atomic mass is 9.78. The van der Waals surface area contributed by atoms with Crippen LogP contribution < -0.4 is 0 Å². The van der Waals surface area contributed by atoms with Crippen LogP contribution in [0.5, 0.6) is 0 Å². The Bertz CT molecular complexity index is 132. The van der Waals surface area contributed by atoms with Gasteiger partial charge in [0, 0.05) is 6.61 Å². The SMILES string of the molecule is CCC(CC)C(O)(CC)CCCCO. The highest BCUT2D eigenvalue weighted by molar-refractivity contribution is 4.83. The van der Waals surface area contributed by atoms with Crippen LogP contribution in [0.25, 0.3) is 0 Å². The van der Waals surface area contributed by atoms with Crippen LogP contribution in [0, 0.1) is 5.92 Å². The Hall–Kier alpha value is -0.0800. The first-order valence-electron chi connectivity index (χ1n) is 5.97. The van der Waals surface area contributed by atoms with E-state index in [9.17, 15) is 5.11 Å². The summed E-state index contributed by atoms with van der Waals surface area (Å²) in [5, 5.41) is 19.1. The molecule has 0 fully saturated rings. The minimum atomic E-state index is -0.501. The molecule has 86 valence electrons. The Kier molecular flexibility index (Phi) is 7.20. The van der Waals surface area contributed by atoms with Gasteiger partial charge in [-0.25, -0.2) is 0 Å². The van der Waals surface area contributed by atoms with E-state index in [-0.39, 0.29) is 6.61 Å². The quantitative estimate of drug-likeness (QED) is 0.594. The summed E-state index contributed by atoms with van der Waals surface area (Å²) >= 11 is 0. The second-order valence-corrected chi connectivity index (χ2v) is 4.15. The lowest BCUT2D eigenvalue weighted by Crippen LogP contribution is -2.36. The van der Waals surface area contributed by atoms with Crippen LogP contribution in [0.3, 0.4) is 0 Å². The fourth-order valence-corrected chi connectivity index (χ4v) is 2.26. The molecule has 0 amide bonds. The van der Waals surface area contributed by atoms with Gasteiger partial charge in [-0.3, -0.25) is 0 Å². The molecule has 0 aromatic heterocycles. The van der Waals surface area contributed by atoms with Crippen LogP contribution in [-0.4, -0.2) is 22.4 Å². The third-order valence-electron chi connectivity index (χ3n) is 3.38. The van der Waals surface area contributed by atoms with Crippen LogP contribution in [0.1, 0.15) is 59.3 Å². The summed E-state index contributed by atoms with van der Waals surface area (Å²) in [5.74, 6) is 0.409. The van der Waals surface area contributed by atoms with Gasteiger partial charge in [-0.1, -0.05) is 33.6 Å². The van der Waals surface area contributed by atoms with E-state index in [1.807, 2.05) is 0 Å². The number of aliphatic hydroxyl groups is 2. The van der Waals surface area contributed by atoms with E-state index in [2.05, 4.69) is 20.8 Å². The van der Waals surface area contributed by atoms with Crippen LogP contribution in [0.2, 0.25) is 0 Å². The molecule has 0 aliphatic rings. The molecule has 0 saturated carbocycles. The van der Waals surface area contributed by atoms with Crippen molar-refractivity contribution in [1.29, 1.82) is 0 Å². The molecular weight excluding hydrogens is 176 g/mol. The van der Waals surface area contributed by atoms with E-state index < -0.39 is 5.60 Å². The van der Waals surface area contributed by atoms with Crippen molar-refractivity contribution in [1.82, 2.24) is 0 Å². The zero-order chi connectivity index (χ0) is 11.0. The van der Waals surface area contributed by atoms with Gasteiger partial charge < -0.3 is 10.2 Å². The van der Waals surface area contributed by atoms with Crippen LogP contribution in [0.15, 0.2) is 0 Å². The first kappa shape index (κ1) is 13.9. The number of rotatable bonds is 8. The van der Waals surface area contributed by atoms with Crippen molar-refractivity contribution in [3.8, 4) is 0 Å². The van der Waals surface area contributed by atoms with Crippen LogP contribution in [-0.2, 0) is 0 Å². The normalized spacial score (nSPS) is 15.9. The molecule has 1 unspecified atom stereocenters. The minimum Gasteiger partial charge on any atom is -0.396 e. The first-order chi connectivity index (χ1) is 6.64. The predicted molar refractivity (Wildman–Crippen MR) is 60.2 cm³/mol. The number of unbranched alkanes of at least 4 members (excludes halogenated alkanes) is 1. The third-order valence-corrected chi connectivity index (χ3v) is 3.38. The molecule has 2 heteroatoms. The summed E-state index contributed by atoms with van der Waals surface area (Å²) in [6, 6.07) is 0. The first-order valence-corrected chi connectivity index (χ1v) is 5.97. The van der Waals surface area contributed by atoms with E-state index in [0.29, 0.717) is 5.92 Å². The molecule has 0 saturated heterocycles. The van der Waals surface area contributed by atoms with Gasteiger partial charge >= 0.3 is 0 Å². The number of aliphatic hydroxyl groups excluding tert-OH is 1. The summed E-state index contributed by atoms with van der Waals surface area (Å²) < 4.78 is 0. The van der Waals surface area contributed by atoms with Crippen LogP contribution in [0.4, 0.5) is 0 Å². The van der Waals surface area contributed by atoms with E-state index in [0.717, 1.165) is 38.5 Å². The van der Waals surface area contributed by atoms with E-state index in [1.165, 1.54) is 0 Å². The maximum atomic E-state index is 10.4. The maximum absolute atomic E-state index is 10.4. The molecular formula is C12H26O2. The zero-order valence-electron chi connectivity index (χ0n) is 9.92. The van der Waals surface area contributed by atoms with E-state index in [1.54, 1.807) is 0 Å². The molecule has 0 heterocycles. The zero-order valence-corrected chi connectivity index (χ0v) is 9.92. The van der Waals surface area contributed by atoms with Crippen molar-refractivity contribution >= 4 is 0 Å². The summed E-state index contributed by atoms with van der Waals surface area (Å²) in [6.07, 6.45) is 5.47. The highest BCUT2D eigenvalue weighted by Gasteiger charge is 2.31. The number of hydrogen-bond donors (Lipinski definition) is 2. The molecule has 0 bridgehead atoms. The van der Waals surface area contributed by atoms with Gasteiger partial charge in [0.1, 0.15) is 0 Å². The molecule has 0 aliphatic carbocycles. The monoisotopic (exact) mass is 202 g/mol. The largest absolute Gasteiger partial charge is 0.396 e. The summed E-state index contributed by atoms with van der Waals surface area (Å²) in [5.41, 5.74) is -0.501. The summed E-state index contributed by atoms with van der Waals surface area (Å²) in [7, 11) is 0. The van der Waals surface area contributed by atoms with E-state index in [4.69, 9.17) is 5.11 Å². The minimum absolute atomic E-state index is 0.239. The van der Waals surface area contributed by atoms with Gasteiger partial charge in [0.05, 0.1) is 5.60 Å². The van der Waals surface area contributed by atoms with Gasteiger partial charge in [0.2, 0.25) is 0 Å². The van der Waals surface area contributed by atoms with Crippen molar-refractivity contribution in [2.45, 2.75) is 64.9 Å². The van der Waals surface area contributed by atoms with Gasteiger partial charge in [0.15, 0.2) is 0 Å². The molecule has 0 aromatic rings. The smallest absolute Gasteiger partial charge is 0.0673 e. The molecule has 1 atom stereocenters.